The van der Waals surface area contributed by atoms with E-state index in [2.05, 4.69) is 34.5 Å². The molecule has 37 heavy (non-hydrogen) atoms. The van der Waals surface area contributed by atoms with Crippen LogP contribution in [0.1, 0.15) is 25.2 Å². The zero-order valence-electron chi connectivity index (χ0n) is 20.5. The van der Waals surface area contributed by atoms with E-state index in [9.17, 15) is 0 Å². The van der Waals surface area contributed by atoms with E-state index in [1.165, 1.54) is 0 Å². The maximum absolute atomic E-state index is 5.04. The fourth-order valence-corrected chi connectivity index (χ4v) is 4.32. The molecule has 0 amide bonds. The first-order valence-electron chi connectivity index (χ1n) is 12.0. The lowest BCUT2D eigenvalue weighted by atomic mass is 9.84. The van der Waals surface area contributed by atoms with Crippen molar-refractivity contribution in [1.82, 2.24) is 40.0 Å². The Morgan fingerprint density at radius 3 is 1.38 bits per heavy atom. The number of para-hydroxylation sites is 2. The van der Waals surface area contributed by atoms with E-state index in [0.29, 0.717) is 0 Å². The fourth-order valence-electron chi connectivity index (χ4n) is 4.32. The van der Waals surface area contributed by atoms with Gasteiger partial charge in [0.05, 0.1) is 46.5 Å². The Kier molecular flexibility index (Phi) is 5.61. The molecule has 0 bridgehead atoms. The summed E-state index contributed by atoms with van der Waals surface area (Å²) in [6.45, 7) is 4.26. The Morgan fingerprint density at radius 1 is 0.514 bits per heavy atom. The minimum absolute atomic E-state index is 0.470. The molecule has 0 fully saturated rings. The molecule has 180 valence electrons. The summed E-state index contributed by atoms with van der Waals surface area (Å²) in [5.41, 5.74) is 6.41. The molecule has 6 rings (SSSR count). The maximum Gasteiger partial charge on any atom is 0.113 e. The van der Waals surface area contributed by atoms with E-state index in [4.69, 9.17) is 9.97 Å². The molecule has 0 unspecified atom stereocenters. The maximum atomic E-state index is 5.04. The summed E-state index contributed by atoms with van der Waals surface area (Å²) >= 11 is 0. The SMILES string of the molecule is CC(C)(c1cccc(-c2cnnn2-c2ccccc2)n1)c1cccc(-c2cnnn2-c2ccccc2)n1. The van der Waals surface area contributed by atoms with Gasteiger partial charge in [0.1, 0.15) is 11.4 Å². The van der Waals surface area contributed by atoms with E-state index in [-0.39, 0.29) is 0 Å². The molecule has 0 aliphatic rings. The van der Waals surface area contributed by atoms with Crippen LogP contribution in [0.5, 0.6) is 0 Å². The summed E-state index contributed by atoms with van der Waals surface area (Å²) in [7, 11) is 0. The van der Waals surface area contributed by atoms with Crippen molar-refractivity contribution in [2.45, 2.75) is 19.3 Å². The van der Waals surface area contributed by atoms with Gasteiger partial charge in [0, 0.05) is 5.41 Å². The topological polar surface area (TPSA) is 87.2 Å². The van der Waals surface area contributed by atoms with E-state index >= 15 is 0 Å². The van der Waals surface area contributed by atoms with Crippen LogP contribution in [0, 0.1) is 0 Å². The Balaban J connectivity index is 1.37. The average molecular weight is 485 g/mol. The first kappa shape index (κ1) is 22.5. The first-order valence-corrected chi connectivity index (χ1v) is 12.0. The lowest BCUT2D eigenvalue weighted by Gasteiger charge is -2.24. The van der Waals surface area contributed by atoms with Gasteiger partial charge in [-0.1, -0.05) is 59.0 Å². The molecule has 2 aromatic carbocycles. The molecule has 0 atom stereocenters. The average Bonchev–Trinajstić information content (AvgIpc) is 3.65. The Morgan fingerprint density at radius 2 is 0.946 bits per heavy atom. The monoisotopic (exact) mass is 484 g/mol. The van der Waals surface area contributed by atoms with Crippen molar-refractivity contribution in [2.75, 3.05) is 0 Å². The molecule has 6 aromatic rings. The number of rotatable bonds is 6. The molecule has 8 nitrogen and oxygen atoms in total. The molecule has 0 saturated carbocycles. The number of nitrogens with zero attached hydrogens (tertiary/aromatic N) is 8. The third kappa shape index (κ3) is 4.18. The predicted octanol–water partition coefficient (Wildman–Crippen LogP) is 5.30. The lowest BCUT2D eigenvalue weighted by Crippen LogP contribution is -2.22. The zero-order valence-corrected chi connectivity index (χ0v) is 20.5. The van der Waals surface area contributed by atoms with E-state index in [0.717, 1.165) is 45.5 Å². The van der Waals surface area contributed by atoms with Gasteiger partial charge in [0.2, 0.25) is 0 Å². The molecule has 8 heteroatoms. The molecule has 0 saturated heterocycles. The van der Waals surface area contributed by atoms with E-state index < -0.39 is 5.41 Å². The Hall–Kier alpha value is -4.98. The van der Waals surface area contributed by atoms with Crippen LogP contribution < -0.4 is 0 Å². The second kappa shape index (κ2) is 9.23. The van der Waals surface area contributed by atoms with E-state index in [1.807, 2.05) is 97.1 Å². The highest BCUT2D eigenvalue weighted by Crippen LogP contribution is 2.32. The van der Waals surface area contributed by atoms with E-state index in [1.54, 1.807) is 21.8 Å². The smallest absolute Gasteiger partial charge is 0.113 e. The minimum Gasteiger partial charge on any atom is -0.250 e. The summed E-state index contributed by atoms with van der Waals surface area (Å²) in [6, 6.07) is 31.9. The van der Waals surface area contributed by atoms with Crippen LogP contribution in [-0.2, 0) is 5.41 Å². The largest absolute Gasteiger partial charge is 0.250 e. The van der Waals surface area contributed by atoms with Crippen LogP contribution in [0.2, 0.25) is 0 Å². The Labute approximate surface area is 214 Å². The first-order chi connectivity index (χ1) is 18.1. The van der Waals surface area contributed by atoms with Crippen molar-refractivity contribution in [1.29, 1.82) is 0 Å². The van der Waals surface area contributed by atoms with Crippen molar-refractivity contribution in [3.05, 3.63) is 121 Å². The minimum atomic E-state index is -0.470. The fraction of sp³-hybridized carbons (Fsp3) is 0.103. The molecule has 0 spiro atoms. The molecule has 0 N–H and O–H groups in total. The van der Waals surface area contributed by atoms with Crippen molar-refractivity contribution in [3.63, 3.8) is 0 Å². The molecule has 0 aliphatic carbocycles. The van der Waals surface area contributed by atoms with Crippen LogP contribution in [0.15, 0.2) is 109 Å². The normalized spacial score (nSPS) is 11.5. The predicted molar refractivity (Wildman–Crippen MR) is 141 cm³/mol. The number of benzene rings is 2. The Bertz CT molecular complexity index is 1530. The van der Waals surface area contributed by atoms with Gasteiger partial charge in [-0.3, -0.25) is 9.97 Å². The van der Waals surface area contributed by atoms with Gasteiger partial charge in [-0.2, -0.15) is 0 Å². The summed E-state index contributed by atoms with van der Waals surface area (Å²) in [5, 5.41) is 16.9. The summed E-state index contributed by atoms with van der Waals surface area (Å²) in [6.07, 6.45) is 3.48. The van der Waals surface area contributed by atoms with Gasteiger partial charge in [-0.25, -0.2) is 9.36 Å². The molecule has 4 heterocycles. The van der Waals surface area contributed by atoms with Crippen molar-refractivity contribution >= 4 is 0 Å². The van der Waals surface area contributed by atoms with Crippen LogP contribution >= 0.6 is 0 Å². The second-order valence-corrected chi connectivity index (χ2v) is 9.17. The highest BCUT2D eigenvalue weighted by atomic mass is 15.4. The molecular weight excluding hydrogens is 460 g/mol. The molecule has 4 aromatic heterocycles. The van der Waals surface area contributed by atoms with Crippen LogP contribution in [-0.4, -0.2) is 40.0 Å². The number of hydrogen-bond donors (Lipinski definition) is 0. The number of pyridine rings is 2. The summed E-state index contributed by atoms with van der Waals surface area (Å²) in [5.74, 6) is 0. The van der Waals surface area contributed by atoms with Gasteiger partial charge in [0.15, 0.2) is 0 Å². The van der Waals surface area contributed by atoms with Gasteiger partial charge >= 0.3 is 0 Å². The van der Waals surface area contributed by atoms with Gasteiger partial charge < -0.3 is 0 Å². The molecule has 0 radical (unpaired) electrons. The summed E-state index contributed by atoms with van der Waals surface area (Å²) < 4.78 is 3.60. The highest BCUT2D eigenvalue weighted by Gasteiger charge is 2.28. The van der Waals surface area contributed by atoms with Crippen LogP contribution in [0.4, 0.5) is 0 Å². The number of aromatic nitrogens is 8. The highest BCUT2D eigenvalue weighted by molar-refractivity contribution is 5.59. The molecular formula is C29H24N8. The van der Waals surface area contributed by atoms with Crippen LogP contribution in [0.3, 0.4) is 0 Å². The van der Waals surface area contributed by atoms with Crippen molar-refractivity contribution in [3.8, 4) is 34.2 Å². The third-order valence-corrected chi connectivity index (χ3v) is 6.40. The van der Waals surface area contributed by atoms with Gasteiger partial charge in [-0.05, 0) is 62.4 Å². The van der Waals surface area contributed by atoms with Gasteiger partial charge in [-0.15, -0.1) is 10.2 Å². The van der Waals surface area contributed by atoms with Crippen molar-refractivity contribution < 1.29 is 0 Å². The van der Waals surface area contributed by atoms with Crippen LogP contribution in [0.25, 0.3) is 34.2 Å². The lowest BCUT2D eigenvalue weighted by molar-refractivity contribution is 0.596. The standard InChI is InChI=1S/C29H24N8/c1-29(2,27-17-9-15-23(32-27)25-19-30-34-36(25)21-11-5-3-6-12-21)28-18-10-16-24(33-28)26-20-31-35-37(26)22-13-7-4-8-14-22/h3-20H,1-2H3. The quantitative estimate of drug-likeness (QED) is 0.319. The number of hydrogen-bond acceptors (Lipinski definition) is 6. The third-order valence-electron chi connectivity index (χ3n) is 6.40. The zero-order chi connectivity index (χ0) is 25.2. The van der Waals surface area contributed by atoms with Crippen molar-refractivity contribution in [2.24, 2.45) is 0 Å². The van der Waals surface area contributed by atoms with Gasteiger partial charge in [0.25, 0.3) is 0 Å². The summed E-state index contributed by atoms with van der Waals surface area (Å²) in [4.78, 5) is 10.1. The molecule has 0 aliphatic heterocycles. The second-order valence-electron chi connectivity index (χ2n) is 9.17.